The summed E-state index contributed by atoms with van der Waals surface area (Å²) in [4.78, 5) is 27.1. The standard InChI is InChI=1S/C15H23N3O3/c1-17(2)15(20)11-18(8-9-21-3)14(19)10-12-6-4-5-7-13(12)16/h4-7H,8-11,16H2,1-3H3. The number of hydrogen-bond acceptors (Lipinski definition) is 4. The first-order valence-electron chi connectivity index (χ1n) is 6.76. The summed E-state index contributed by atoms with van der Waals surface area (Å²) in [6.07, 6.45) is 0.178. The normalized spacial score (nSPS) is 10.2. The van der Waals surface area contributed by atoms with Crippen LogP contribution in [0.15, 0.2) is 24.3 Å². The largest absolute Gasteiger partial charge is 0.398 e. The van der Waals surface area contributed by atoms with E-state index in [1.807, 2.05) is 18.2 Å². The molecule has 0 atom stereocenters. The Kier molecular flexibility index (Phi) is 6.68. The van der Waals surface area contributed by atoms with Crippen molar-refractivity contribution in [3.63, 3.8) is 0 Å². The number of nitrogens with two attached hydrogens (primary N) is 1. The maximum Gasteiger partial charge on any atom is 0.241 e. The molecule has 116 valence electrons. The Labute approximate surface area is 125 Å². The number of nitrogen functional groups attached to an aromatic ring is 1. The Balaban J connectivity index is 2.75. The third-order valence-electron chi connectivity index (χ3n) is 3.14. The Bertz CT molecular complexity index is 489. The second-order valence-corrected chi connectivity index (χ2v) is 4.97. The summed E-state index contributed by atoms with van der Waals surface area (Å²) in [6.45, 7) is 0.806. The van der Waals surface area contributed by atoms with E-state index < -0.39 is 0 Å². The molecule has 0 aliphatic heterocycles. The molecule has 0 heterocycles. The molecule has 2 amide bonds. The molecule has 0 unspecified atom stereocenters. The topological polar surface area (TPSA) is 75.9 Å². The molecule has 0 bridgehead atoms. The fraction of sp³-hybridized carbons (Fsp3) is 0.467. The van der Waals surface area contributed by atoms with Crippen LogP contribution in [-0.2, 0) is 20.7 Å². The van der Waals surface area contributed by atoms with Gasteiger partial charge in [0.2, 0.25) is 11.8 Å². The molecule has 6 nitrogen and oxygen atoms in total. The van der Waals surface area contributed by atoms with Crippen molar-refractivity contribution in [3.8, 4) is 0 Å². The van der Waals surface area contributed by atoms with E-state index in [2.05, 4.69) is 0 Å². The molecule has 0 saturated heterocycles. The quantitative estimate of drug-likeness (QED) is 0.737. The summed E-state index contributed by atoms with van der Waals surface area (Å²) in [5.41, 5.74) is 7.19. The average molecular weight is 293 g/mol. The predicted octanol–water partition coefficient (Wildman–Crippen LogP) is 0.375. The van der Waals surface area contributed by atoms with Crippen molar-refractivity contribution in [2.45, 2.75) is 6.42 Å². The number of ether oxygens (including phenoxy) is 1. The van der Waals surface area contributed by atoms with Crippen LogP contribution in [0, 0.1) is 0 Å². The van der Waals surface area contributed by atoms with Crippen molar-refractivity contribution in [1.82, 2.24) is 9.80 Å². The van der Waals surface area contributed by atoms with Crippen LogP contribution in [0.25, 0.3) is 0 Å². The Morgan fingerprint density at radius 2 is 1.86 bits per heavy atom. The summed E-state index contributed by atoms with van der Waals surface area (Å²) >= 11 is 0. The lowest BCUT2D eigenvalue weighted by Crippen LogP contribution is -2.42. The summed E-state index contributed by atoms with van der Waals surface area (Å²) < 4.78 is 4.99. The second-order valence-electron chi connectivity index (χ2n) is 4.97. The maximum atomic E-state index is 12.4. The Morgan fingerprint density at radius 1 is 1.19 bits per heavy atom. The third-order valence-corrected chi connectivity index (χ3v) is 3.14. The molecule has 2 N–H and O–H groups in total. The van der Waals surface area contributed by atoms with E-state index in [-0.39, 0.29) is 24.8 Å². The zero-order valence-electron chi connectivity index (χ0n) is 12.8. The SMILES string of the molecule is COCCN(CC(=O)N(C)C)C(=O)Cc1ccccc1N. The van der Waals surface area contributed by atoms with Gasteiger partial charge in [0, 0.05) is 33.4 Å². The number of nitrogens with zero attached hydrogens (tertiary/aromatic N) is 2. The minimum atomic E-state index is -0.139. The number of anilines is 1. The molecule has 0 radical (unpaired) electrons. The van der Waals surface area contributed by atoms with E-state index in [1.54, 1.807) is 27.3 Å². The monoisotopic (exact) mass is 293 g/mol. The molecule has 0 fully saturated rings. The predicted molar refractivity (Wildman–Crippen MR) is 81.7 cm³/mol. The van der Waals surface area contributed by atoms with Crippen LogP contribution in [0.1, 0.15) is 5.56 Å². The third kappa shape index (κ3) is 5.43. The van der Waals surface area contributed by atoms with Gasteiger partial charge in [-0.05, 0) is 11.6 Å². The lowest BCUT2D eigenvalue weighted by molar-refractivity contribution is -0.139. The molecule has 1 rings (SSSR count). The highest BCUT2D eigenvalue weighted by Gasteiger charge is 2.19. The van der Waals surface area contributed by atoms with Gasteiger partial charge in [-0.2, -0.15) is 0 Å². The van der Waals surface area contributed by atoms with E-state index in [4.69, 9.17) is 10.5 Å². The number of methoxy groups -OCH3 is 1. The number of amides is 2. The van der Waals surface area contributed by atoms with Gasteiger partial charge >= 0.3 is 0 Å². The van der Waals surface area contributed by atoms with Gasteiger partial charge in [0.15, 0.2) is 0 Å². The van der Waals surface area contributed by atoms with Crippen molar-refractivity contribution in [2.75, 3.05) is 46.6 Å². The molecular formula is C15H23N3O3. The number of rotatable bonds is 7. The van der Waals surface area contributed by atoms with Gasteiger partial charge in [0.1, 0.15) is 0 Å². The first-order chi connectivity index (χ1) is 9.95. The van der Waals surface area contributed by atoms with Gasteiger partial charge in [0.25, 0.3) is 0 Å². The van der Waals surface area contributed by atoms with Crippen LogP contribution in [0.2, 0.25) is 0 Å². The van der Waals surface area contributed by atoms with E-state index in [9.17, 15) is 9.59 Å². The summed E-state index contributed by atoms with van der Waals surface area (Å²) in [5, 5.41) is 0. The first-order valence-corrected chi connectivity index (χ1v) is 6.76. The number of benzene rings is 1. The number of para-hydroxylation sites is 1. The summed E-state index contributed by atoms with van der Waals surface area (Å²) in [5.74, 6) is -0.263. The Morgan fingerprint density at radius 3 is 2.43 bits per heavy atom. The lowest BCUT2D eigenvalue weighted by Gasteiger charge is -2.24. The zero-order chi connectivity index (χ0) is 15.8. The number of hydrogen-bond donors (Lipinski definition) is 1. The molecule has 0 aliphatic carbocycles. The van der Waals surface area contributed by atoms with E-state index in [0.717, 1.165) is 5.56 Å². The van der Waals surface area contributed by atoms with Gasteiger partial charge in [-0.15, -0.1) is 0 Å². The lowest BCUT2D eigenvalue weighted by atomic mass is 10.1. The zero-order valence-corrected chi connectivity index (χ0v) is 12.8. The molecule has 21 heavy (non-hydrogen) atoms. The van der Waals surface area contributed by atoms with Crippen LogP contribution >= 0.6 is 0 Å². The highest BCUT2D eigenvalue weighted by molar-refractivity contribution is 5.86. The molecule has 6 heteroatoms. The van der Waals surface area contributed by atoms with Gasteiger partial charge < -0.3 is 20.3 Å². The van der Waals surface area contributed by atoms with Crippen molar-refractivity contribution in [3.05, 3.63) is 29.8 Å². The molecule has 0 saturated carbocycles. The van der Waals surface area contributed by atoms with Gasteiger partial charge in [-0.3, -0.25) is 9.59 Å². The van der Waals surface area contributed by atoms with Crippen LogP contribution in [0.4, 0.5) is 5.69 Å². The number of carbonyl (C=O) groups is 2. The maximum absolute atomic E-state index is 12.4. The van der Waals surface area contributed by atoms with Crippen LogP contribution in [0.5, 0.6) is 0 Å². The van der Waals surface area contributed by atoms with E-state index in [1.165, 1.54) is 9.80 Å². The fourth-order valence-electron chi connectivity index (χ4n) is 1.77. The second kappa shape index (κ2) is 8.26. The van der Waals surface area contributed by atoms with Crippen molar-refractivity contribution in [2.24, 2.45) is 0 Å². The van der Waals surface area contributed by atoms with Crippen molar-refractivity contribution >= 4 is 17.5 Å². The van der Waals surface area contributed by atoms with Crippen molar-refractivity contribution < 1.29 is 14.3 Å². The van der Waals surface area contributed by atoms with Gasteiger partial charge in [-0.25, -0.2) is 0 Å². The van der Waals surface area contributed by atoms with E-state index in [0.29, 0.717) is 18.8 Å². The van der Waals surface area contributed by atoms with Crippen LogP contribution in [0.3, 0.4) is 0 Å². The highest BCUT2D eigenvalue weighted by atomic mass is 16.5. The average Bonchev–Trinajstić information content (AvgIpc) is 2.45. The minimum absolute atomic E-state index is 0.0436. The molecule has 1 aromatic rings. The van der Waals surface area contributed by atoms with Crippen molar-refractivity contribution in [1.29, 1.82) is 0 Å². The van der Waals surface area contributed by atoms with E-state index >= 15 is 0 Å². The number of likely N-dealkylation sites (N-methyl/N-ethyl adjacent to an activating group) is 1. The summed E-state index contributed by atoms with van der Waals surface area (Å²) in [7, 11) is 4.89. The van der Waals surface area contributed by atoms with Gasteiger partial charge in [0.05, 0.1) is 19.6 Å². The molecule has 1 aromatic carbocycles. The van der Waals surface area contributed by atoms with Gasteiger partial charge in [-0.1, -0.05) is 18.2 Å². The first kappa shape index (κ1) is 17.0. The molecule has 0 spiro atoms. The Hall–Kier alpha value is -2.08. The van der Waals surface area contributed by atoms with Crippen LogP contribution < -0.4 is 5.73 Å². The minimum Gasteiger partial charge on any atom is -0.398 e. The highest BCUT2D eigenvalue weighted by Crippen LogP contribution is 2.12. The smallest absolute Gasteiger partial charge is 0.241 e. The number of carbonyl (C=O) groups excluding carboxylic acids is 2. The molecular weight excluding hydrogens is 270 g/mol. The summed E-state index contributed by atoms with van der Waals surface area (Å²) in [6, 6.07) is 7.23. The van der Waals surface area contributed by atoms with Crippen LogP contribution in [-0.4, -0.2) is 62.5 Å². The molecule has 0 aromatic heterocycles. The fourth-order valence-corrected chi connectivity index (χ4v) is 1.77. The molecule has 0 aliphatic rings.